The fraction of sp³-hybridized carbons (Fsp3) is 0.917. The zero-order chi connectivity index (χ0) is 10.9. The average molecular weight is 247 g/mol. The van der Waals surface area contributed by atoms with Crippen molar-refractivity contribution in [2.24, 2.45) is 11.3 Å². The lowest BCUT2D eigenvalue weighted by Gasteiger charge is -2.24. The van der Waals surface area contributed by atoms with E-state index in [0.29, 0.717) is 11.3 Å². The van der Waals surface area contributed by atoms with Crippen molar-refractivity contribution in [3.05, 3.63) is 0 Å². The number of nitrogens with one attached hydrogen (secondary N) is 1. The van der Waals surface area contributed by atoms with Gasteiger partial charge in [0.1, 0.15) is 0 Å². The summed E-state index contributed by atoms with van der Waals surface area (Å²) in [6.45, 7) is 8.37. The van der Waals surface area contributed by atoms with E-state index in [-0.39, 0.29) is 18.3 Å². The van der Waals surface area contributed by atoms with Gasteiger partial charge in [-0.15, -0.1) is 12.4 Å². The van der Waals surface area contributed by atoms with E-state index in [1.54, 1.807) is 0 Å². The largest absolute Gasteiger partial charge is 0.342 e. The molecule has 0 aromatic rings. The summed E-state index contributed by atoms with van der Waals surface area (Å²) < 4.78 is 0. The molecule has 0 aromatic heterocycles. The number of carbonyl (C=O) groups is 1. The lowest BCUT2D eigenvalue weighted by atomic mass is 9.87. The fourth-order valence-electron chi connectivity index (χ4n) is 2.62. The summed E-state index contributed by atoms with van der Waals surface area (Å²) in [5.74, 6) is 0.640. The van der Waals surface area contributed by atoms with Crippen LogP contribution in [0.15, 0.2) is 0 Å². The molecule has 0 aliphatic carbocycles. The first kappa shape index (κ1) is 13.8. The van der Waals surface area contributed by atoms with Gasteiger partial charge in [-0.05, 0) is 31.2 Å². The number of carbonyl (C=O) groups excluding carboxylic acids is 1. The number of likely N-dealkylation sites (tertiary alicyclic amines) is 1. The number of rotatable bonds is 2. The van der Waals surface area contributed by atoms with Gasteiger partial charge in [-0.1, -0.05) is 13.8 Å². The second kappa shape index (κ2) is 5.37. The van der Waals surface area contributed by atoms with Crippen LogP contribution in [-0.2, 0) is 4.79 Å². The molecule has 2 saturated heterocycles. The summed E-state index contributed by atoms with van der Waals surface area (Å²) in [5.41, 5.74) is 0.377. The molecule has 1 N–H and O–H groups in total. The van der Waals surface area contributed by atoms with E-state index >= 15 is 0 Å². The van der Waals surface area contributed by atoms with Crippen LogP contribution in [0.1, 0.15) is 33.1 Å². The van der Waals surface area contributed by atoms with Crippen LogP contribution in [0.3, 0.4) is 0 Å². The number of amides is 1. The molecular weight excluding hydrogens is 224 g/mol. The Morgan fingerprint density at radius 2 is 2.31 bits per heavy atom. The molecule has 2 atom stereocenters. The lowest BCUT2D eigenvalue weighted by Crippen LogP contribution is -2.36. The average Bonchev–Trinajstić information content (AvgIpc) is 2.86. The molecule has 1 amide bonds. The van der Waals surface area contributed by atoms with Gasteiger partial charge in [-0.3, -0.25) is 4.79 Å². The van der Waals surface area contributed by atoms with E-state index in [1.165, 1.54) is 12.8 Å². The smallest absolute Gasteiger partial charge is 0.227 e. The highest BCUT2D eigenvalue weighted by Gasteiger charge is 2.37. The van der Waals surface area contributed by atoms with Crippen LogP contribution in [0.25, 0.3) is 0 Å². The number of hydrogen-bond acceptors (Lipinski definition) is 2. The Morgan fingerprint density at radius 3 is 2.81 bits per heavy atom. The maximum absolute atomic E-state index is 12.1. The quantitative estimate of drug-likeness (QED) is 0.804. The van der Waals surface area contributed by atoms with Crippen LogP contribution in [0.2, 0.25) is 0 Å². The molecule has 0 saturated carbocycles. The SMILES string of the molecule is CCC1(C)CCN(C(=O)C2CCNC2)C1.Cl. The van der Waals surface area contributed by atoms with Gasteiger partial charge in [-0.25, -0.2) is 0 Å². The highest BCUT2D eigenvalue weighted by atomic mass is 35.5. The third-order valence-electron chi connectivity index (χ3n) is 4.13. The summed E-state index contributed by atoms with van der Waals surface area (Å²) in [5, 5.41) is 3.26. The van der Waals surface area contributed by atoms with Crippen molar-refractivity contribution in [2.75, 3.05) is 26.2 Å². The van der Waals surface area contributed by atoms with Crippen LogP contribution in [0, 0.1) is 11.3 Å². The monoisotopic (exact) mass is 246 g/mol. The van der Waals surface area contributed by atoms with Crippen molar-refractivity contribution in [2.45, 2.75) is 33.1 Å². The molecule has 16 heavy (non-hydrogen) atoms. The van der Waals surface area contributed by atoms with Gasteiger partial charge in [0, 0.05) is 19.6 Å². The van der Waals surface area contributed by atoms with Gasteiger partial charge in [0.15, 0.2) is 0 Å². The minimum atomic E-state index is 0. The van der Waals surface area contributed by atoms with E-state index in [2.05, 4.69) is 24.1 Å². The van der Waals surface area contributed by atoms with Crippen molar-refractivity contribution in [1.29, 1.82) is 0 Å². The van der Waals surface area contributed by atoms with Crippen molar-refractivity contribution in [3.8, 4) is 0 Å². The molecule has 2 fully saturated rings. The molecule has 0 radical (unpaired) electrons. The van der Waals surface area contributed by atoms with Crippen molar-refractivity contribution >= 4 is 18.3 Å². The molecule has 4 heteroatoms. The van der Waals surface area contributed by atoms with Gasteiger partial charge >= 0.3 is 0 Å². The summed E-state index contributed by atoms with van der Waals surface area (Å²) >= 11 is 0. The predicted octanol–water partition coefficient (Wildman–Crippen LogP) is 1.67. The molecule has 2 aliphatic rings. The molecule has 2 aliphatic heterocycles. The Hall–Kier alpha value is -0.280. The number of nitrogens with zero attached hydrogens (tertiary/aromatic N) is 1. The van der Waals surface area contributed by atoms with Crippen LogP contribution >= 0.6 is 12.4 Å². The van der Waals surface area contributed by atoms with E-state index in [0.717, 1.165) is 32.6 Å². The lowest BCUT2D eigenvalue weighted by molar-refractivity contribution is -0.134. The van der Waals surface area contributed by atoms with E-state index in [1.807, 2.05) is 0 Å². The zero-order valence-corrected chi connectivity index (χ0v) is 11.1. The second-order valence-corrected chi connectivity index (χ2v) is 5.36. The Bertz CT molecular complexity index is 253. The Balaban J connectivity index is 0.00000128. The van der Waals surface area contributed by atoms with Gasteiger partial charge in [0.25, 0.3) is 0 Å². The van der Waals surface area contributed by atoms with Crippen LogP contribution in [-0.4, -0.2) is 37.0 Å². The molecule has 94 valence electrons. The first-order valence-electron chi connectivity index (χ1n) is 6.14. The van der Waals surface area contributed by atoms with E-state index in [9.17, 15) is 4.79 Å². The molecule has 0 spiro atoms. The van der Waals surface area contributed by atoms with Crippen molar-refractivity contribution < 1.29 is 4.79 Å². The van der Waals surface area contributed by atoms with Gasteiger partial charge in [-0.2, -0.15) is 0 Å². The highest BCUT2D eigenvalue weighted by molar-refractivity contribution is 5.85. The maximum Gasteiger partial charge on any atom is 0.227 e. The molecule has 3 nitrogen and oxygen atoms in total. The second-order valence-electron chi connectivity index (χ2n) is 5.36. The summed E-state index contributed by atoms with van der Waals surface area (Å²) in [6.07, 6.45) is 3.38. The molecular formula is C12H23ClN2O. The Labute approximate surface area is 104 Å². The molecule has 2 heterocycles. The van der Waals surface area contributed by atoms with Gasteiger partial charge < -0.3 is 10.2 Å². The van der Waals surface area contributed by atoms with Gasteiger partial charge in [0.05, 0.1) is 5.92 Å². The molecule has 0 bridgehead atoms. The van der Waals surface area contributed by atoms with Crippen LogP contribution < -0.4 is 5.32 Å². The predicted molar refractivity (Wildman–Crippen MR) is 67.8 cm³/mol. The molecule has 0 aromatic carbocycles. The first-order valence-corrected chi connectivity index (χ1v) is 6.14. The van der Waals surface area contributed by atoms with E-state index < -0.39 is 0 Å². The topological polar surface area (TPSA) is 32.3 Å². The summed E-state index contributed by atoms with van der Waals surface area (Å²) in [4.78, 5) is 14.2. The third kappa shape index (κ3) is 2.69. The first-order chi connectivity index (χ1) is 7.14. The Morgan fingerprint density at radius 1 is 1.56 bits per heavy atom. The maximum atomic E-state index is 12.1. The standard InChI is InChI=1S/C12H22N2O.ClH/c1-3-12(2)5-7-14(9-12)11(15)10-4-6-13-8-10;/h10,13H,3-9H2,1-2H3;1H. The normalized spacial score (nSPS) is 33.9. The van der Waals surface area contributed by atoms with Crippen molar-refractivity contribution in [1.82, 2.24) is 10.2 Å². The van der Waals surface area contributed by atoms with Crippen LogP contribution in [0.5, 0.6) is 0 Å². The fourth-order valence-corrected chi connectivity index (χ4v) is 2.62. The number of hydrogen-bond donors (Lipinski definition) is 1. The summed E-state index contributed by atoms with van der Waals surface area (Å²) in [6, 6.07) is 0. The number of halogens is 1. The van der Waals surface area contributed by atoms with Crippen LogP contribution in [0.4, 0.5) is 0 Å². The molecule has 2 unspecified atom stereocenters. The van der Waals surface area contributed by atoms with E-state index in [4.69, 9.17) is 0 Å². The minimum absolute atomic E-state index is 0. The highest BCUT2D eigenvalue weighted by Crippen LogP contribution is 2.33. The molecule has 2 rings (SSSR count). The Kier molecular flexibility index (Phi) is 4.62. The zero-order valence-electron chi connectivity index (χ0n) is 10.3. The van der Waals surface area contributed by atoms with Crippen molar-refractivity contribution in [3.63, 3.8) is 0 Å². The summed E-state index contributed by atoms with van der Waals surface area (Å²) in [7, 11) is 0. The minimum Gasteiger partial charge on any atom is -0.342 e. The van der Waals surface area contributed by atoms with Gasteiger partial charge in [0.2, 0.25) is 5.91 Å². The third-order valence-corrected chi connectivity index (χ3v) is 4.13.